The van der Waals surface area contributed by atoms with Gasteiger partial charge in [0.15, 0.2) is 0 Å². The molecule has 1 amide bonds. The number of pyridine rings is 1. The Hall–Kier alpha value is -3.03. The predicted octanol–water partition coefficient (Wildman–Crippen LogP) is 4.57. The van der Waals surface area contributed by atoms with E-state index in [1.807, 2.05) is 6.07 Å². The van der Waals surface area contributed by atoms with E-state index in [-0.39, 0.29) is 27.6 Å². The van der Waals surface area contributed by atoms with E-state index in [4.69, 9.17) is 23.1 Å². The van der Waals surface area contributed by atoms with E-state index in [1.54, 1.807) is 6.92 Å². The van der Waals surface area contributed by atoms with E-state index in [0.29, 0.717) is 15.8 Å². The topological polar surface area (TPSA) is 118 Å². The zero-order valence-electron chi connectivity index (χ0n) is 14.1. The molecule has 0 aliphatic rings. The molecular formula is C17H11ClF3N5OS. The molecule has 6 nitrogen and oxygen atoms in total. The summed E-state index contributed by atoms with van der Waals surface area (Å²) in [6.07, 6.45) is -4.67. The van der Waals surface area contributed by atoms with E-state index < -0.39 is 22.7 Å². The Bertz CT molecular complexity index is 1170. The largest absolute Gasteiger partial charge is 0.417 e. The van der Waals surface area contributed by atoms with Gasteiger partial charge in [-0.25, -0.2) is 4.98 Å². The summed E-state index contributed by atoms with van der Waals surface area (Å²) < 4.78 is 39.0. The van der Waals surface area contributed by atoms with Crippen LogP contribution in [-0.4, -0.2) is 10.9 Å². The molecule has 144 valence electrons. The van der Waals surface area contributed by atoms with Gasteiger partial charge >= 0.3 is 6.18 Å². The summed E-state index contributed by atoms with van der Waals surface area (Å²) in [6.45, 7) is 1.62. The van der Waals surface area contributed by atoms with Crippen molar-refractivity contribution < 1.29 is 18.0 Å². The Balaban J connectivity index is 2.03. The van der Waals surface area contributed by atoms with Crippen molar-refractivity contribution in [3.05, 3.63) is 44.8 Å². The number of aromatic nitrogens is 1. The van der Waals surface area contributed by atoms with Crippen LogP contribution >= 0.6 is 22.9 Å². The molecule has 2 aromatic heterocycles. The first-order valence-electron chi connectivity index (χ1n) is 7.60. The lowest BCUT2D eigenvalue weighted by atomic mass is 10.1. The molecule has 0 spiro atoms. The second-order valence-corrected chi connectivity index (χ2v) is 7.19. The zero-order chi connectivity index (χ0) is 20.8. The third-order valence-corrected chi connectivity index (χ3v) is 5.43. The van der Waals surface area contributed by atoms with E-state index in [9.17, 15) is 23.2 Å². The van der Waals surface area contributed by atoms with Gasteiger partial charge in [0.05, 0.1) is 21.8 Å². The summed E-state index contributed by atoms with van der Waals surface area (Å²) in [6, 6.07) is 4.95. The van der Waals surface area contributed by atoms with Gasteiger partial charge in [-0.1, -0.05) is 11.6 Å². The summed E-state index contributed by atoms with van der Waals surface area (Å²) in [4.78, 5) is 17.1. The summed E-state index contributed by atoms with van der Waals surface area (Å²) in [7, 11) is 0. The number of amides is 1. The van der Waals surface area contributed by atoms with E-state index in [1.165, 1.54) is 6.07 Å². The first-order valence-corrected chi connectivity index (χ1v) is 8.80. The molecule has 28 heavy (non-hydrogen) atoms. The molecule has 5 N–H and O–H groups in total. The second-order valence-electron chi connectivity index (χ2n) is 5.78. The highest BCUT2D eigenvalue weighted by molar-refractivity contribution is 7.21. The van der Waals surface area contributed by atoms with Crippen LogP contribution < -0.4 is 16.8 Å². The molecule has 0 radical (unpaired) electrons. The number of carbonyl (C=O) groups excluding carboxylic acids is 1. The SMILES string of the molecule is Cc1c(C#N)c(N)nc2sc(C(=O)Nc3ccc(Cl)c(C(F)(F)F)c3)c(N)c12. The standard InChI is InChI=1S/C17H11ClF3N5OS/c1-6-8(5-22)14(24)26-16-11(6)12(23)13(28-16)15(27)25-7-2-3-10(18)9(4-7)17(19,20)21/h2-4H,23H2,1H3,(H2,24,26)(H,25,27). The van der Waals surface area contributed by atoms with Crippen molar-refractivity contribution in [2.75, 3.05) is 16.8 Å². The molecule has 0 saturated carbocycles. The molecule has 0 fully saturated rings. The summed E-state index contributed by atoms with van der Waals surface area (Å²) in [5, 5.41) is 11.5. The summed E-state index contributed by atoms with van der Waals surface area (Å²) >= 11 is 6.50. The van der Waals surface area contributed by atoms with Gasteiger partial charge in [0.1, 0.15) is 21.6 Å². The van der Waals surface area contributed by atoms with Crippen molar-refractivity contribution in [3.63, 3.8) is 0 Å². The lowest BCUT2D eigenvalue weighted by Crippen LogP contribution is -2.13. The number of benzene rings is 1. The average Bonchev–Trinajstić information content (AvgIpc) is 2.92. The molecule has 3 aromatic rings. The number of nitrogens with one attached hydrogen (secondary N) is 1. The van der Waals surface area contributed by atoms with Gasteiger partial charge in [0, 0.05) is 11.1 Å². The lowest BCUT2D eigenvalue weighted by Gasteiger charge is -2.11. The van der Waals surface area contributed by atoms with Crippen LogP contribution in [0.3, 0.4) is 0 Å². The van der Waals surface area contributed by atoms with Gasteiger partial charge < -0.3 is 16.8 Å². The minimum absolute atomic E-state index is 0.00762. The highest BCUT2D eigenvalue weighted by atomic mass is 35.5. The predicted molar refractivity (Wildman–Crippen MR) is 102 cm³/mol. The number of carbonyl (C=O) groups is 1. The number of thiophene rings is 1. The molecule has 0 atom stereocenters. The molecule has 11 heteroatoms. The number of hydrogen-bond acceptors (Lipinski definition) is 6. The number of alkyl halides is 3. The van der Waals surface area contributed by atoms with Crippen LogP contribution in [0.5, 0.6) is 0 Å². The van der Waals surface area contributed by atoms with Gasteiger partial charge in [-0.2, -0.15) is 18.4 Å². The molecule has 0 bridgehead atoms. The highest BCUT2D eigenvalue weighted by Crippen LogP contribution is 2.39. The van der Waals surface area contributed by atoms with Gasteiger partial charge in [-0.15, -0.1) is 11.3 Å². The maximum absolute atomic E-state index is 13.0. The lowest BCUT2D eigenvalue weighted by molar-refractivity contribution is -0.137. The molecule has 0 aliphatic carbocycles. The first-order chi connectivity index (χ1) is 13.0. The molecule has 0 aliphatic heterocycles. The molecule has 0 saturated heterocycles. The number of fused-ring (bicyclic) bond motifs is 1. The van der Waals surface area contributed by atoms with E-state index in [2.05, 4.69) is 10.3 Å². The number of nitriles is 1. The van der Waals surface area contributed by atoms with Gasteiger partial charge in [-0.05, 0) is 30.7 Å². The second kappa shape index (κ2) is 6.85. The van der Waals surface area contributed by atoms with Crippen LogP contribution in [0.1, 0.15) is 26.4 Å². The van der Waals surface area contributed by atoms with Crippen LogP contribution in [0.4, 0.5) is 30.4 Å². The number of hydrogen-bond donors (Lipinski definition) is 3. The Morgan fingerprint density at radius 3 is 2.64 bits per heavy atom. The highest BCUT2D eigenvalue weighted by Gasteiger charge is 2.33. The van der Waals surface area contributed by atoms with Crippen LogP contribution in [0.2, 0.25) is 5.02 Å². The minimum atomic E-state index is -4.67. The number of halogens is 4. The minimum Gasteiger partial charge on any atom is -0.397 e. The number of aryl methyl sites for hydroxylation is 1. The Morgan fingerprint density at radius 2 is 2.04 bits per heavy atom. The van der Waals surface area contributed by atoms with Crippen molar-refractivity contribution in [1.29, 1.82) is 5.26 Å². The summed E-state index contributed by atoms with van der Waals surface area (Å²) in [5.41, 5.74) is 11.3. The molecule has 0 unspecified atom stereocenters. The van der Waals surface area contributed by atoms with Crippen molar-refractivity contribution in [2.24, 2.45) is 0 Å². The monoisotopic (exact) mass is 425 g/mol. The van der Waals surface area contributed by atoms with Gasteiger partial charge in [0.25, 0.3) is 5.91 Å². The van der Waals surface area contributed by atoms with Crippen LogP contribution in [-0.2, 0) is 6.18 Å². The smallest absolute Gasteiger partial charge is 0.397 e. The zero-order valence-corrected chi connectivity index (χ0v) is 15.7. The fourth-order valence-electron chi connectivity index (χ4n) is 2.67. The number of nitrogen functional groups attached to an aromatic ring is 2. The van der Waals surface area contributed by atoms with Crippen LogP contribution in [0, 0.1) is 18.3 Å². The van der Waals surface area contributed by atoms with Crippen molar-refractivity contribution >= 4 is 56.3 Å². The van der Waals surface area contributed by atoms with Crippen LogP contribution in [0.25, 0.3) is 10.2 Å². The van der Waals surface area contributed by atoms with Crippen molar-refractivity contribution in [2.45, 2.75) is 13.1 Å². The molecule has 2 heterocycles. The quantitative estimate of drug-likeness (QED) is 0.556. The third kappa shape index (κ3) is 3.30. The van der Waals surface area contributed by atoms with Crippen LogP contribution in [0.15, 0.2) is 18.2 Å². The first kappa shape index (κ1) is 19.7. The summed E-state index contributed by atoms with van der Waals surface area (Å²) in [5.74, 6) is -0.708. The van der Waals surface area contributed by atoms with Gasteiger partial charge in [-0.3, -0.25) is 4.79 Å². The third-order valence-electron chi connectivity index (χ3n) is 4.00. The Labute approximate surface area is 165 Å². The maximum atomic E-state index is 13.0. The number of nitrogens with two attached hydrogens (primary N) is 2. The normalized spacial score (nSPS) is 11.4. The number of nitrogens with zero attached hydrogens (tertiary/aromatic N) is 2. The van der Waals surface area contributed by atoms with Gasteiger partial charge in [0.2, 0.25) is 0 Å². The Morgan fingerprint density at radius 1 is 1.36 bits per heavy atom. The fourth-order valence-corrected chi connectivity index (χ4v) is 3.96. The molecule has 1 aromatic carbocycles. The fraction of sp³-hybridized carbons (Fsp3) is 0.118. The van der Waals surface area contributed by atoms with E-state index in [0.717, 1.165) is 23.5 Å². The average molecular weight is 426 g/mol. The van der Waals surface area contributed by atoms with Crippen molar-refractivity contribution in [3.8, 4) is 6.07 Å². The van der Waals surface area contributed by atoms with E-state index >= 15 is 0 Å². The molecule has 3 rings (SSSR count). The van der Waals surface area contributed by atoms with Crippen molar-refractivity contribution in [1.82, 2.24) is 4.98 Å². The Kier molecular flexibility index (Phi) is 4.82. The maximum Gasteiger partial charge on any atom is 0.417 e. The molecular weight excluding hydrogens is 415 g/mol. The number of anilines is 3. The number of rotatable bonds is 2.